The van der Waals surface area contributed by atoms with Crippen molar-refractivity contribution in [2.24, 2.45) is 0 Å². The van der Waals surface area contributed by atoms with Gasteiger partial charge in [-0.25, -0.2) is 4.98 Å². The number of hydrogen-bond acceptors (Lipinski definition) is 4. The summed E-state index contributed by atoms with van der Waals surface area (Å²) in [6.45, 7) is 3.76. The van der Waals surface area contributed by atoms with Crippen LogP contribution in [0.3, 0.4) is 0 Å². The summed E-state index contributed by atoms with van der Waals surface area (Å²) in [5, 5.41) is 5.95. The van der Waals surface area contributed by atoms with Gasteiger partial charge in [0.05, 0.1) is 0 Å². The number of carbonyl (C=O) groups excluding carboxylic acids is 1. The first kappa shape index (κ1) is 17.4. The van der Waals surface area contributed by atoms with E-state index in [1.807, 2.05) is 0 Å². The van der Waals surface area contributed by atoms with Gasteiger partial charge in [0.1, 0.15) is 5.82 Å². The van der Waals surface area contributed by atoms with Crippen LogP contribution in [0.5, 0.6) is 0 Å². The predicted octanol–water partition coefficient (Wildman–Crippen LogP) is 2.73. The highest BCUT2D eigenvalue weighted by molar-refractivity contribution is 5.94. The van der Waals surface area contributed by atoms with Gasteiger partial charge >= 0.3 is 0 Å². The molecule has 0 unspecified atom stereocenters. The van der Waals surface area contributed by atoms with Crippen LogP contribution in [0.25, 0.3) is 0 Å². The van der Waals surface area contributed by atoms with E-state index >= 15 is 0 Å². The van der Waals surface area contributed by atoms with E-state index < -0.39 is 0 Å². The molecule has 0 radical (unpaired) electrons. The van der Waals surface area contributed by atoms with Crippen LogP contribution >= 0.6 is 0 Å². The minimum absolute atomic E-state index is 0.0435. The van der Waals surface area contributed by atoms with Gasteiger partial charge in [-0.05, 0) is 49.5 Å². The first-order valence-corrected chi connectivity index (χ1v) is 8.95. The van der Waals surface area contributed by atoms with Gasteiger partial charge in [0.2, 0.25) is 0 Å². The molecule has 2 aromatic rings. The Kier molecular flexibility index (Phi) is 6.01. The summed E-state index contributed by atoms with van der Waals surface area (Å²) in [4.78, 5) is 18.8. The molecule has 0 saturated carbocycles. The van der Waals surface area contributed by atoms with Gasteiger partial charge < -0.3 is 15.5 Å². The molecule has 1 aromatic carbocycles. The molecule has 3 rings (SSSR count). The third kappa shape index (κ3) is 4.79. The quantitative estimate of drug-likeness (QED) is 0.850. The lowest BCUT2D eigenvalue weighted by Gasteiger charge is -2.32. The number of amides is 1. The van der Waals surface area contributed by atoms with Crippen molar-refractivity contribution < 1.29 is 4.79 Å². The molecule has 5 nitrogen and oxygen atoms in total. The van der Waals surface area contributed by atoms with E-state index in [1.54, 1.807) is 25.4 Å². The Hall–Kier alpha value is -2.40. The summed E-state index contributed by atoms with van der Waals surface area (Å²) in [6.07, 6.45) is 4.02. The minimum Gasteiger partial charge on any atom is -0.373 e. The van der Waals surface area contributed by atoms with Crippen molar-refractivity contribution in [3.05, 3.63) is 59.8 Å². The second kappa shape index (κ2) is 8.62. The number of carbonyl (C=O) groups is 1. The minimum atomic E-state index is -0.0435. The molecule has 5 heteroatoms. The first-order valence-electron chi connectivity index (χ1n) is 8.95. The van der Waals surface area contributed by atoms with E-state index in [0.717, 1.165) is 19.6 Å². The maximum absolute atomic E-state index is 12.2. The number of anilines is 1. The van der Waals surface area contributed by atoms with Crippen LogP contribution in [0, 0.1) is 0 Å². The standard InChI is InChI=1S/C20H26N4O/c1-21-19-15-18(7-10-22-19)20(25)23-11-14-24-12-8-17(9-13-24)16-5-3-2-4-6-16/h2-7,10,15,17H,8-9,11-14H2,1H3,(H,21,22)(H,23,25). The van der Waals surface area contributed by atoms with Crippen LogP contribution in [0.2, 0.25) is 0 Å². The number of likely N-dealkylation sites (tertiary alicyclic amines) is 1. The number of benzene rings is 1. The molecule has 132 valence electrons. The van der Waals surface area contributed by atoms with Crippen molar-refractivity contribution in [2.75, 3.05) is 38.5 Å². The van der Waals surface area contributed by atoms with Crippen molar-refractivity contribution in [3.63, 3.8) is 0 Å². The van der Waals surface area contributed by atoms with E-state index in [9.17, 15) is 4.79 Å². The van der Waals surface area contributed by atoms with Crippen LogP contribution in [0.4, 0.5) is 5.82 Å². The zero-order valence-corrected chi connectivity index (χ0v) is 14.7. The Balaban J connectivity index is 1.40. The van der Waals surface area contributed by atoms with Crippen molar-refractivity contribution in [1.82, 2.24) is 15.2 Å². The average Bonchev–Trinajstić information content (AvgIpc) is 2.69. The Morgan fingerprint density at radius 1 is 1.20 bits per heavy atom. The van der Waals surface area contributed by atoms with E-state index in [4.69, 9.17) is 0 Å². The number of nitrogens with zero attached hydrogens (tertiary/aromatic N) is 2. The average molecular weight is 338 g/mol. The number of piperidine rings is 1. The van der Waals surface area contributed by atoms with E-state index in [0.29, 0.717) is 23.8 Å². The lowest BCUT2D eigenvalue weighted by molar-refractivity contribution is 0.0945. The van der Waals surface area contributed by atoms with Crippen LogP contribution < -0.4 is 10.6 Å². The topological polar surface area (TPSA) is 57.3 Å². The zero-order chi connectivity index (χ0) is 17.5. The molecule has 0 bridgehead atoms. The highest BCUT2D eigenvalue weighted by Crippen LogP contribution is 2.27. The Morgan fingerprint density at radius 2 is 1.96 bits per heavy atom. The van der Waals surface area contributed by atoms with Gasteiger partial charge in [0.25, 0.3) is 5.91 Å². The fourth-order valence-corrected chi connectivity index (χ4v) is 3.35. The maximum Gasteiger partial charge on any atom is 0.251 e. The molecule has 25 heavy (non-hydrogen) atoms. The number of nitrogens with one attached hydrogen (secondary N) is 2. The van der Waals surface area contributed by atoms with Gasteiger partial charge in [-0.2, -0.15) is 0 Å². The SMILES string of the molecule is CNc1cc(C(=O)NCCN2CCC(c3ccccc3)CC2)ccn1. The maximum atomic E-state index is 12.2. The highest BCUT2D eigenvalue weighted by Gasteiger charge is 2.20. The van der Waals surface area contributed by atoms with Gasteiger partial charge in [-0.3, -0.25) is 4.79 Å². The molecular weight excluding hydrogens is 312 g/mol. The molecule has 0 aliphatic carbocycles. The number of hydrogen-bond donors (Lipinski definition) is 2. The molecule has 1 saturated heterocycles. The second-order valence-corrected chi connectivity index (χ2v) is 6.46. The van der Waals surface area contributed by atoms with Crippen LogP contribution in [-0.4, -0.2) is 49.0 Å². The first-order chi connectivity index (χ1) is 12.3. The van der Waals surface area contributed by atoms with Crippen molar-refractivity contribution in [2.45, 2.75) is 18.8 Å². The largest absolute Gasteiger partial charge is 0.373 e. The van der Waals surface area contributed by atoms with Gasteiger partial charge in [0.15, 0.2) is 0 Å². The van der Waals surface area contributed by atoms with Crippen LogP contribution in [-0.2, 0) is 0 Å². The summed E-state index contributed by atoms with van der Waals surface area (Å²) >= 11 is 0. The lowest BCUT2D eigenvalue weighted by Crippen LogP contribution is -2.39. The third-order valence-corrected chi connectivity index (χ3v) is 4.85. The Labute approximate surface area is 149 Å². The Bertz CT molecular complexity index is 681. The molecule has 2 N–H and O–H groups in total. The van der Waals surface area contributed by atoms with Crippen molar-refractivity contribution in [3.8, 4) is 0 Å². The van der Waals surface area contributed by atoms with Gasteiger partial charge in [-0.15, -0.1) is 0 Å². The van der Waals surface area contributed by atoms with Gasteiger partial charge in [0, 0.05) is 31.9 Å². The molecular formula is C20H26N4O. The molecule has 0 spiro atoms. The van der Waals surface area contributed by atoms with Crippen LogP contribution in [0.1, 0.15) is 34.7 Å². The fourth-order valence-electron chi connectivity index (χ4n) is 3.35. The summed E-state index contributed by atoms with van der Waals surface area (Å²) in [7, 11) is 1.79. The van der Waals surface area contributed by atoms with E-state index in [1.165, 1.54) is 18.4 Å². The fraction of sp³-hybridized carbons (Fsp3) is 0.400. The van der Waals surface area contributed by atoms with Crippen LogP contribution in [0.15, 0.2) is 48.7 Å². The molecule has 0 atom stereocenters. The van der Waals surface area contributed by atoms with E-state index in [-0.39, 0.29) is 5.91 Å². The normalized spacial score (nSPS) is 15.7. The molecule has 1 amide bonds. The monoisotopic (exact) mass is 338 g/mol. The lowest BCUT2D eigenvalue weighted by atomic mass is 9.89. The number of pyridine rings is 1. The summed E-state index contributed by atoms with van der Waals surface area (Å²) in [5.41, 5.74) is 2.09. The highest BCUT2D eigenvalue weighted by atomic mass is 16.1. The molecule has 1 fully saturated rings. The molecule has 1 aromatic heterocycles. The zero-order valence-electron chi connectivity index (χ0n) is 14.7. The molecule has 1 aliphatic rings. The van der Waals surface area contributed by atoms with Crippen molar-refractivity contribution >= 4 is 11.7 Å². The van der Waals surface area contributed by atoms with Gasteiger partial charge in [-0.1, -0.05) is 30.3 Å². The number of rotatable bonds is 6. The summed E-state index contributed by atoms with van der Waals surface area (Å²) < 4.78 is 0. The van der Waals surface area contributed by atoms with E-state index in [2.05, 4.69) is 50.8 Å². The molecule has 2 heterocycles. The second-order valence-electron chi connectivity index (χ2n) is 6.46. The predicted molar refractivity (Wildman–Crippen MR) is 101 cm³/mol. The summed E-state index contributed by atoms with van der Waals surface area (Å²) in [6, 6.07) is 14.3. The Morgan fingerprint density at radius 3 is 2.68 bits per heavy atom. The third-order valence-electron chi connectivity index (χ3n) is 4.85. The smallest absolute Gasteiger partial charge is 0.251 e. The van der Waals surface area contributed by atoms with Crippen molar-refractivity contribution in [1.29, 1.82) is 0 Å². The number of aromatic nitrogens is 1. The summed E-state index contributed by atoms with van der Waals surface area (Å²) in [5.74, 6) is 1.33. The molecule has 1 aliphatic heterocycles.